The maximum atomic E-state index is 12.5. The quantitative estimate of drug-likeness (QED) is 0.598. The number of ketones is 1. The third-order valence-corrected chi connectivity index (χ3v) is 4.63. The normalized spacial score (nSPS) is 20.0. The fourth-order valence-corrected chi connectivity index (χ4v) is 2.97. The largest absolute Gasteiger partial charge is 0.491 e. The first-order valence-electron chi connectivity index (χ1n) is 8.06. The summed E-state index contributed by atoms with van der Waals surface area (Å²) in [7, 11) is 0. The van der Waals surface area contributed by atoms with Gasteiger partial charge in [-0.1, -0.05) is 60.7 Å². The maximum absolute atomic E-state index is 12.5. The summed E-state index contributed by atoms with van der Waals surface area (Å²) in [5, 5.41) is 0. The predicted octanol–water partition coefficient (Wildman–Crippen LogP) is 4.03. The monoisotopic (exact) mass is 450 g/mol. The molecule has 1 aliphatic heterocycles. The lowest BCUT2D eigenvalue weighted by Gasteiger charge is -2.29. The minimum atomic E-state index is -0.659. The van der Waals surface area contributed by atoms with Crippen LogP contribution in [-0.4, -0.2) is 24.6 Å². The molecule has 0 saturated heterocycles. The molecule has 1 heterocycles. The molecule has 0 aromatic heterocycles. The first-order valence-corrected chi connectivity index (χ1v) is 9.14. The molecule has 0 bridgehead atoms. The molecule has 5 heteroatoms. The van der Waals surface area contributed by atoms with Crippen LogP contribution in [0.2, 0.25) is 0 Å². The molecule has 0 aliphatic carbocycles. The standard InChI is InChI=1S/C20H19IO4/c21-17-13-24-18(14-23-11-15-7-3-1-4-8-15)20(19(17)22)25-12-16-9-5-2-6-10-16/h1-10,13,18,20H,11-12,14H2/t18-,20-/m1/s1. The summed E-state index contributed by atoms with van der Waals surface area (Å²) in [6.45, 7) is 1.13. The van der Waals surface area contributed by atoms with Crippen molar-refractivity contribution < 1.29 is 19.0 Å². The molecule has 0 spiro atoms. The van der Waals surface area contributed by atoms with Crippen molar-refractivity contribution in [3.05, 3.63) is 81.6 Å². The summed E-state index contributed by atoms with van der Waals surface area (Å²) in [5.74, 6) is -0.0592. The van der Waals surface area contributed by atoms with Gasteiger partial charge in [-0.15, -0.1) is 0 Å². The highest BCUT2D eigenvalue weighted by Crippen LogP contribution is 2.23. The van der Waals surface area contributed by atoms with Gasteiger partial charge in [0.15, 0.2) is 12.2 Å². The summed E-state index contributed by atoms with van der Waals surface area (Å²) in [6, 6.07) is 19.7. The fraction of sp³-hybridized carbons (Fsp3) is 0.250. The molecule has 4 nitrogen and oxygen atoms in total. The Labute approximate surface area is 160 Å². The van der Waals surface area contributed by atoms with Crippen molar-refractivity contribution in [2.24, 2.45) is 0 Å². The summed E-state index contributed by atoms with van der Waals surface area (Å²) in [6.07, 6.45) is 0.383. The number of carbonyl (C=O) groups excluding carboxylic acids is 1. The average molecular weight is 450 g/mol. The highest BCUT2D eigenvalue weighted by atomic mass is 127. The van der Waals surface area contributed by atoms with Crippen LogP contribution in [0.15, 0.2) is 70.5 Å². The molecule has 0 amide bonds. The molecule has 0 unspecified atom stereocenters. The lowest BCUT2D eigenvalue weighted by Crippen LogP contribution is -2.43. The highest BCUT2D eigenvalue weighted by Gasteiger charge is 2.35. The second kappa shape index (κ2) is 9.12. The molecule has 0 saturated carbocycles. The van der Waals surface area contributed by atoms with Crippen molar-refractivity contribution >= 4 is 28.4 Å². The number of benzene rings is 2. The van der Waals surface area contributed by atoms with Crippen LogP contribution < -0.4 is 0 Å². The minimum Gasteiger partial charge on any atom is -0.491 e. The van der Waals surface area contributed by atoms with Crippen molar-refractivity contribution in [1.29, 1.82) is 0 Å². The van der Waals surface area contributed by atoms with E-state index in [1.54, 1.807) is 0 Å². The van der Waals surface area contributed by atoms with Crippen LogP contribution >= 0.6 is 22.6 Å². The van der Waals surface area contributed by atoms with Crippen molar-refractivity contribution in [3.63, 3.8) is 0 Å². The van der Waals surface area contributed by atoms with E-state index in [1.807, 2.05) is 83.3 Å². The summed E-state index contributed by atoms with van der Waals surface area (Å²) >= 11 is 1.98. The third-order valence-electron chi connectivity index (χ3n) is 3.84. The molecule has 1 aliphatic rings. The predicted molar refractivity (Wildman–Crippen MR) is 103 cm³/mol. The number of halogens is 1. The van der Waals surface area contributed by atoms with Gasteiger partial charge in [-0.25, -0.2) is 0 Å². The van der Waals surface area contributed by atoms with E-state index in [4.69, 9.17) is 14.2 Å². The first-order chi connectivity index (χ1) is 12.2. The Morgan fingerprint density at radius 1 is 0.920 bits per heavy atom. The summed E-state index contributed by atoms with van der Waals surface area (Å²) < 4.78 is 17.8. The van der Waals surface area contributed by atoms with Gasteiger partial charge in [0.05, 0.1) is 23.4 Å². The number of hydrogen-bond acceptors (Lipinski definition) is 4. The van der Waals surface area contributed by atoms with Crippen molar-refractivity contribution in [1.82, 2.24) is 0 Å². The molecule has 0 radical (unpaired) electrons. The van der Waals surface area contributed by atoms with E-state index < -0.39 is 12.2 Å². The van der Waals surface area contributed by atoms with Crippen molar-refractivity contribution in [2.75, 3.05) is 6.61 Å². The van der Waals surface area contributed by atoms with Gasteiger partial charge in [-0.3, -0.25) is 4.79 Å². The SMILES string of the molecule is O=C1C(I)=CO[C@H](COCc2ccccc2)[C@H]1OCc1ccccc1. The molecule has 2 aromatic rings. The van der Waals surface area contributed by atoms with Gasteiger partial charge in [0.25, 0.3) is 0 Å². The van der Waals surface area contributed by atoms with E-state index in [9.17, 15) is 4.79 Å². The van der Waals surface area contributed by atoms with Crippen LogP contribution in [0.25, 0.3) is 0 Å². The topological polar surface area (TPSA) is 44.8 Å². The van der Waals surface area contributed by atoms with E-state index >= 15 is 0 Å². The Hall–Kier alpha value is -1.70. The molecule has 25 heavy (non-hydrogen) atoms. The zero-order valence-electron chi connectivity index (χ0n) is 13.6. The third kappa shape index (κ3) is 5.14. The highest BCUT2D eigenvalue weighted by molar-refractivity contribution is 14.1. The Morgan fingerprint density at radius 2 is 1.52 bits per heavy atom. The van der Waals surface area contributed by atoms with Gasteiger partial charge in [0.1, 0.15) is 6.26 Å². The van der Waals surface area contributed by atoms with Crippen LogP contribution in [-0.2, 0) is 32.2 Å². The number of carbonyl (C=O) groups is 1. The van der Waals surface area contributed by atoms with Crippen LogP contribution in [0.5, 0.6) is 0 Å². The Morgan fingerprint density at radius 3 is 2.16 bits per heavy atom. The molecule has 3 rings (SSSR count). The first kappa shape index (κ1) is 18.1. The number of rotatable bonds is 7. The van der Waals surface area contributed by atoms with Crippen LogP contribution in [0.1, 0.15) is 11.1 Å². The van der Waals surface area contributed by atoms with E-state index in [-0.39, 0.29) is 5.78 Å². The Bertz CT molecular complexity index is 715. The van der Waals surface area contributed by atoms with Gasteiger partial charge < -0.3 is 14.2 Å². The van der Waals surface area contributed by atoms with E-state index in [1.165, 1.54) is 6.26 Å². The molecular formula is C20H19IO4. The second-order valence-electron chi connectivity index (χ2n) is 5.72. The fourth-order valence-electron chi connectivity index (χ4n) is 2.52. The van der Waals surface area contributed by atoms with E-state index in [0.29, 0.717) is 23.4 Å². The van der Waals surface area contributed by atoms with Gasteiger partial charge >= 0.3 is 0 Å². The van der Waals surface area contributed by atoms with Crippen LogP contribution in [0, 0.1) is 0 Å². The van der Waals surface area contributed by atoms with E-state index in [0.717, 1.165) is 11.1 Å². The maximum Gasteiger partial charge on any atom is 0.204 e. The molecule has 2 atom stereocenters. The number of ether oxygens (including phenoxy) is 3. The van der Waals surface area contributed by atoms with E-state index in [2.05, 4.69) is 0 Å². The van der Waals surface area contributed by atoms with Gasteiger partial charge in [-0.05, 0) is 33.7 Å². The van der Waals surface area contributed by atoms with Gasteiger partial charge in [0, 0.05) is 0 Å². The van der Waals surface area contributed by atoms with Crippen molar-refractivity contribution in [2.45, 2.75) is 25.4 Å². The Kier molecular flexibility index (Phi) is 6.61. The van der Waals surface area contributed by atoms with Crippen LogP contribution in [0.4, 0.5) is 0 Å². The van der Waals surface area contributed by atoms with Crippen LogP contribution in [0.3, 0.4) is 0 Å². The molecule has 0 fully saturated rings. The lowest BCUT2D eigenvalue weighted by atomic mass is 10.1. The number of hydrogen-bond donors (Lipinski definition) is 0. The van der Waals surface area contributed by atoms with Gasteiger partial charge in [0.2, 0.25) is 5.78 Å². The molecule has 0 N–H and O–H groups in total. The molecule has 2 aromatic carbocycles. The zero-order valence-corrected chi connectivity index (χ0v) is 15.8. The summed E-state index contributed by atoms with van der Waals surface area (Å²) in [5.41, 5.74) is 2.10. The van der Waals surface area contributed by atoms with Gasteiger partial charge in [-0.2, -0.15) is 0 Å². The summed E-state index contributed by atoms with van der Waals surface area (Å²) in [4.78, 5) is 12.5. The average Bonchev–Trinajstić information content (AvgIpc) is 2.66. The lowest BCUT2D eigenvalue weighted by molar-refractivity contribution is -0.144. The second-order valence-corrected chi connectivity index (χ2v) is 6.88. The Balaban J connectivity index is 1.58. The zero-order chi connectivity index (χ0) is 17.5. The number of Topliss-reactive ketones (excluding diaryl/α,β-unsaturated/α-hetero) is 1. The smallest absolute Gasteiger partial charge is 0.204 e. The van der Waals surface area contributed by atoms with Crippen molar-refractivity contribution in [3.8, 4) is 0 Å². The molecular weight excluding hydrogens is 431 g/mol. The molecule has 130 valence electrons. The minimum absolute atomic E-state index is 0.0592.